The zero-order valence-corrected chi connectivity index (χ0v) is 8.96. The maximum Gasteiger partial charge on any atom is 0.282 e. The van der Waals surface area contributed by atoms with Crippen LogP contribution in [0.3, 0.4) is 0 Å². The van der Waals surface area contributed by atoms with Gasteiger partial charge in [-0.25, -0.2) is 0 Å². The average Bonchev–Trinajstić information content (AvgIpc) is 3.12. The summed E-state index contributed by atoms with van der Waals surface area (Å²) in [7, 11) is 0. The van der Waals surface area contributed by atoms with Crippen LogP contribution >= 0.6 is 0 Å². The smallest absolute Gasteiger partial charge is 0.282 e. The molecule has 1 heterocycles. The number of benzene rings is 1. The second-order valence-corrected chi connectivity index (χ2v) is 4.26. The minimum atomic E-state index is -0.378. The van der Waals surface area contributed by atoms with Crippen LogP contribution in [0.25, 0.3) is 10.9 Å². The van der Waals surface area contributed by atoms with E-state index in [9.17, 15) is 15.2 Å². The molecular formula is C12H10N2O3. The molecule has 1 aliphatic rings. The van der Waals surface area contributed by atoms with Gasteiger partial charge in [-0.15, -0.1) is 0 Å². The highest BCUT2D eigenvalue weighted by atomic mass is 16.6. The molecule has 0 unspecified atom stereocenters. The van der Waals surface area contributed by atoms with Crippen molar-refractivity contribution in [3.8, 4) is 5.75 Å². The maximum absolute atomic E-state index is 11.2. The summed E-state index contributed by atoms with van der Waals surface area (Å²) in [4.78, 5) is 14.8. The summed E-state index contributed by atoms with van der Waals surface area (Å²) in [5.41, 5.74) is 1.02. The average molecular weight is 230 g/mol. The molecule has 0 bridgehead atoms. The second kappa shape index (κ2) is 3.41. The number of phenolic OH excluding ortho intramolecular Hbond substituents is 1. The van der Waals surface area contributed by atoms with Crippen LogP contribution in [0.2, 0.25) is 0 Å². The number of phenols is 1. The van der Waals surface area contributed by atoms with E-state index < -0.39 is 0 Å². The fourth-order valence-corrected chi connectivity index (χ4v) is 2.15. The molecule has 1 fully saturated rings. The van der Waals surface area contributed by atoms with Crippen LogP contribution in [-0.2, 0) is 0 Å². The van der Waals surface area contributed by atoms with E-state index in [0.717, 1.165) is 12.8 Å². The van der Waals surface area contributed by atoms with Gasteiger partial charge in [0.25, 0.3) is 5.69 Å². The van der Waals surface area contributed by atoms with Gasteiger partial charge in [0.2, 0.25) is 0 Å². The number of hydrogen-bond donors (Lipinski definition) is 1. The summed E-state index contributed by atoms with van der Waals surface area (Å²) in [6.07, 6.45) is 3.42. The molecule has 3 rings (SSSR count). The van der Waals surface area contributed by atoms with Crippen LogP contribution < -0.4 is 0 Å². The van der Waals surface area contributed by atoms with Crippen molar-refractivity contribution in [1.82, 2.24) is 4.98 Å². The number of fused-ring (bicyclic) bond motifs is 1. The Labute approximate surface area is 96.9 Å². The molecule has 0 atom stereocenters. The zero-order chi connectivity index (χ0) is 12.0. The molecule has 5 nitrogen and oxygen atoms in total. The molecular weight excluding hydrogens is 220 g/mol. The summed E-state index contributed by atoms with van der Waals surface area (Å²) < 4.78 is 0. The topological polar surface area (TPSA) is 76.3 Å². The van der Waals surface area contributed by atoms with Crippen LogP contribution in [0, 0.1) is 10.1 Å². The number of nitrogens with zero attached hydrogens (tertiary/aromatic N) is 2. The third kappa shape index (κ3) is 1.51. The summed E-state index contributed by atoms with van der Waals surface area (Å²) >= 11 is 0. The highest BCUT2D eigenvalue weighted by Crippen LogP contribution is 2.48. The first-order valence-electron chi connectivity index (χ1n) is 5.43. The summed E-state index contributed by atoms with van der Waals surface area (Å²) in [6, 6.07) is 4.77. The number of nitro groups is 1. The minimum Gasteiger partial charge on any atom is -0.506 e. The van der Waals surface area contributed by atoms with Crippen molar-refractivity contribution in [2.24, 2.45) is 0 Å². The fraction of sp³-hybridized carbons (Fsp3) is 0.250. The van der Waals surface area contributed by atoms with E-state index in [-0.39, 0.29) is 22.3 Å². The quantitative estimate of drug-likeness (QED) is 0.635. The molecule has 0 aliphatic heterocycles. The Morgan fingerprint density at radius 3 is 2.88 bits per heavy atom. The van der Waals surface area contributed by atoms with Crippen LogP contribution in [0.4, 0.5) is 5.69 Å². The van der Waals surface area contributed by atoms with E-state index in [2.05, 4.69) is 4.98 Å². The van der Waals surface area contributed by atoms with Crippen molar-refractivity contribution in [2.75, 3.05) is 0 Å². The zero-order valence-electron chi connectivity index (χ0n) is 8.96. The Morgan fingerprint density at radius 1 is 1.47 bits per heavy atom. The Bertz CT molecular complexity index is 620. The number of rotatable bonds is 2. The lowest BCUT2D eigenvalue weighted by Crippen LogP contribution is -1.96. The SMILES string of the molecule is O=[N+]([O-])c1c(C2CC2)cc(O)c2ncccc12. The Kier molecular flexibility index (Phi) is 2.01. The van der Waals surface area contributed by atoms with Gasteiger partial charge in [-0.05, 0) is 37.0 Å². The Hall–Kier alpha value is -2.17. The first kappa shape index (κ1) is 10.0. The predicted octanol–water partition coefficient (Wildman–Crippen LogP) is 2.73. The number of aromatic hydroxyl groups is 1. The van der Waals surface area contributed by atoms with Gasteiger partial charge in [0.05, 0.1) is 10.3 Å². The molecule has 1 aromatic heterocycles. The molecule has 17 heavy (non-hydrogen) atoms. The molecule has 0 spiro atoms. The summed E-state index contributed by atoms with van der Waals surface area (Å²) in [5.74, 6) is 0.235. The van der Waals surface area contributed by atoms with Crippen LogP contribution in [-0.4, -0.2) is 15.0 Å². The molecule has 1 aromatic carbocycles. The monoisotopic (exact) mass is 230 g/mol. The van der Waals surface area contributed by atoms with Gasteiger partial charge in [-0.1, -0.05) is 0 Å². The minimum absolute atomic E-state index is 0.0214. The lowest BCUT2D eigenvalue weighted by molar-refractivity contribution is -0.383. The Morgan fingerprint density at radius 2 is 2.24 bits per heavy atom. The van der Waals surface area contributed by atoms with Gasteiger partial charge >= 0.3 is 0 Å². The molecule has 0 saturated heterocycles. The standard InChI is InChI=1S/C12H10N2O3/c15-10-6-9(7-3-4-7)12(14(16)17)8-2-1-5-13-11(8)10/h1-2,5-7,15H,3-4H2. The first-order valence-corrected chi connectivity index (χ1v) is 5.43. The first-order chi connectivity index (χ1) is 8.18. The van der Waals surface area contributed by atoms with E-state index in [4.69, 9.17) is 0 Å². The molecule has 1 N–H and O–H groups in total. The third-order valence-electron chi connectivity index (χ3n) is 3.07. The van der Waals surface area contributed by atoms with Gasteiger partial charge in [-0.2, -0.15) is 0 Å². The summed E-state index contributed by atoms with van der Waals surface area (Å²) in [5, 5.41) is 21.4. The van der Waals surface area contributed by atoms with Gasteiger partial charge in [0.15, 0.2) is 0 Å². The van der Waals surface area contributed by atoms with Gasteiger partial charge in [0.1, 0.15) is 11.3 Å². The highest BCUT2D eigenvalue weighted by molar-refractivity contribution is 5.94. The molecule has 0 radical (unpaired) electrons. The van der Waals surface area contributed by atoms with Gasteiger partial charge in [0, 0.05) is 11.8 Å². The van der Waals surface area contributed by atoms with Crippen LogP contribution in [0.1, 0.15) is 24.3 Å². The maximum atomic E-state index is 11.2. The lowest BCUT2D eigenvalue weighted by atomic mass is 10.0. The second-order valence-electron chi connectivity index (χ2n) is 4.26. The van der Waals surface area contributed by atoms with Crippen LogP contribution in [0.15, 0.2) is 24.4 Å². The summed E-state index contributed by atoms with van der Waals surface area (Å²) in [6.45, 7) is 0. The van der Waals surface area contributed by atoms with Crippen molar-refractivity contribution in [2.45, 2.75) is 18.8 Å². The van der Waals surface area contributed by atoms with Crippen molar-refractivity contribution in [3.63, 3.8) is 0 Å². The normalized spacial score (nSPS) is 15.1. The molecule has 1 aliphatic carbocycles. The van der Waals surface area contributed by atoms with Crippen molar-refractivity contribution in [1.29, 1.82) is 0 Å². The van der Waals surface area contributed by atoms with E-state index in [1.165, 1.54) is 12.3 Å². The molecule has 86 valence electrons. The van der Waals surface area contributed by atoms with Crippen molar-refractivity contribution < 1.29 is 10.0 Å². The molecule has 0 amide bonds. The van der Waals surface area contributed by atoms with E-state index in [0.29, 0.717) is 16.5 Å². The highest BCUT2D eigenvalue weighted by Gasteiger charge is 2.33. The van der Waals surface area contributed by atoms with E-state index >= 15 is 0 Å². The Balaban J connectivity index is 2.41. The molecule has 5 heteroatoms. The van der Waals surface area contributed by atoms with Crippen LogP contribution in [0.5, 0.6) is 5.75 Å². The van der Waals surface area contributed by atoms with E-state index in [1.807, 2.05) is 0 Å². The van der Waals surface area contributed by atoms with Gasteiger partial charge < -0.3 is 5.11 Å². The van der Waals surface area contributed by atoms with Crippen molar-refractivity contribution in [3.05, 3.63) is 40.1 Å². The predicted molar refractivity (Wildman–Crippen MR) is 62.0 cm³/mol. The van der Waals surface area contributed by atoms with Crippen molar-refractivity contribution >= 4 is 16.6 Å². The number of nitro benzene ring substituents is 1. The van der Waals surface area contributed by atoms with E-state index in [1.54, 1.807) is 12.1 Å². The lowest BCUT2D eigenvalue weighted by Gasteiger charge is -2.06. The fourth-order valence-electron chi connectivity index (χ4n) is 2.15. The molecule has 1 saturated carbocycles. The number of aromatic nitrogens is 1. The third-order valence-corrected chi connectivity index (χ3v) is 3.07. The molecule has 2 aromatic rings. The number of pyridine rings is 1. The largest absolute Gasteiger partial charge is 0.506 e. The van der Waals surface area contributed by atoms with Gasteiger partial charge in [-0.3, -0.25) is 15.1 Å². The number of hydrogen-bond acceptors (Lipinski definition) is 4.